The molecule has 4 rings (SSSR count). The summed E-state index contributed by atoms with van der Waals surface area (Å²) in [6, 6.07) is 11.4. The molecule has 0 heterocycles. The second kappa shape index (κ2) is 2.89. The lowest BCUT2D eigenvalue weighted by molar-refractivity contribution is 1.26. The molecule has 17 heavy (non-hydrogen) atoms. The average molecular weight is 218 g/mol. The molecule has 0 nitrogen and oxygen atoms in total. The predicted molar refractivity (Wildman–Crippen MR) is 74.3 cm³/mol. The first kappa shape index (κ1) is 9.23. The number of benzene rings is 3. The lowest BCUT2D eigenvalue weighted by atomic mass is 9.86. The molecule has 0 saturated carbocycles. The van der Waals surface area contributed by atoms with E-state index in [0.29, 0.717) is 0 Å². The Labute approximate surface area is 101 Å². The van der Waals surface area contributed by atoms with Crippen LogP contribution >= 0.6 is 0 Å². The van der Waals surface area contributed by atoms with Gasteiger partial charge in [0.25, 0.3) is 0 Å². The molecule has 0 aromatic heterocycles. The molecule has 0 fully saturated rings. The van der Waals surface area contributed by atoms with Crippen LogP contribution in [0.5, 0.6) is 0 Å². The molecular formula is C17H14. The van der Waals surface area contributed by atoms with E-state index >= 15 is 0 Å². The van der Waals surface area contributed by atoms with Crippen LogP contribution in [-0.4, -0.2) is 0 Å². The van der Waals surface area contributed by atoms with Crippen LogP contribution in [0, 0.1) is 13.8 Å². The normalized spacial score (nSPS) is 13.5. The minimum absolute atomic E-state index is 1.08. The van der Waals surface area contributed by atoms with Crippen LogP contribution < -0.4 is 5.22 Å². The molecule has 0 aliphatic heterocycles. The van der Waals surface area contributed by atoms with Gasteiger partial charge in [-0.3, -0.25) is 0 Å². The second-order valence-corrected chi connectivity index (χ2v) is 5.13. The second-order valence-electron chi connectivity index (χ2n) is 5.13. The monoisotopic (exact) mass is 218 g/mol. The van der Waals surface area contributed by atoms with E-state index in [1.807, 2.05) is 0 Å². The van der Waals surface area contributed by atoms with Gasteiger partial charge in [-0.2, -0.15) is 0 Å². The van der Waals surface area contributed by atoms with E-state index in [0.717, 1.165) is 6.42 Å². The van der Waals surface area contributed by atoms with Crippen LogP contribution in [0.1, 0.15) is 16.7 Å². The highest BCUT2D eigenvalue weighted by molar-refractivity contribution is 6.13. The van der Waals surface area contributed by atoms with Crippen molar-refractivity contribution in [1.82, 2.24) is 0 Å². The van der Waals surface area contributed by atoms with Crippen LogP contribution in [0.15, 0.2) is 30.3 Å². The lowest BCUT2D eigenvalue weighted by Crippen LogP contribution is -2.11. The minimum Gasteiger partial charge on any atom is -0.0722 e. The summed E-state index contributed by atoms with van der Waals surface area (Å²) < 4.78 is 0. The maximum atomic E-state index is 2.39. The van der Waals surface area contributed by atoms with Crippen molar-refractivity contribution in [3.05, 3.63) is 52.2 Å². The van der Waals surface area contributed by atoms with Crippen LogP contribution in [0.2, 0.25) is 0 Å². The summed E-state index contributed by atoms with van der Waals surface area (Å²) in [5.74, 6) is 0. The molecule has 0 radical (unpaired) electrons. The molecule has 2 bridgehead atoms. The number of aryl methyl sites for hydroxylation is 2. The van der Waals surface area contributed by atoms with Crippen molar-refractivity contribution in [2.45, 2.75) is 20.3 Å². The first-order chi connectivity index (χ1) is 8.25. The van der Waals surface area contributed by atoms with Crippen LogP contribution in [0.25, 0.3) is 27.6 Å². The highest BCUT2D eigenvalue weighted by Crippen LogP contribution is 2.33. The van der Waals surface area contributed by atoms with Crippen molar-refractivity contribution < 1.29 is 0 Å². The Kier molecular flexibility index (Phi) is 1.57. The smallest absolute Gasteiger partial charge is 0.00274 e. The molecule has 0 saturated heterocycles. The summed E-state index contributed by atoms with van der Waals surface area (Å²) in [5, 5.41) is 7.16. The van der Waals surface area contributed by atoms with Gasteiger partial charge >= 0.3 is 0 Å². The van der Waals surface area contributed by atoms with E-state index in [2.05, 4.69) is 50.3 Å². The van der Waals surface area contributed by atoms with Crippen molar-refractivity contribution in [1.29, 1.82) is 0 Å². The molecule has 0 unspecified atom stereocenters. The van der Waals surface area contributed by atoms with Crippen molar-refractivity contribution in [3.8, 4) is 0 Å². The zero-order valence-corrected chi connectivity index (χ0v) is 10.2. The van der Waals surface area contributed by atoms with Crippen molar-refractivity contribution in [2.75, 3.05) is 0 Å². The van der Waals surface area contributed by atoms with Crippen molar-refractivity contribution >= 4 is 27.6 Å². The van der Waals surface area contributed by atoms with E-state index in [9.17, 15) is 0 Å². The summed E-state index contributed by atoms with van der Waals surface area (Å²) in [7, 11) is 0. The molecule has 0 heteroatoms. The van der Waals surface area contributed by atoms with E-state index in [1.54, 1.807) is 0 Å². The maximum absolute atomic E-state index is 2.39. The minimum atomic E-state index is 1.08. The molecule has 0 spiro atoms. The zero-order valence-electron chi connectivity index (χ0n) is 10.2. The first-order valence-electron chi connectivity index (χ1n) is 6.20. The Bertz CT molecular complexity index is 822. The van der Waals surface area contributed by atoms with E-state index in [-0.39, 0.29) is 0 Å². The zero-order chi connectivity index (χ0) is 11.6. The van der Waals surface area contributed by atoms with Gasteiger partial charge < -0.3 is 0 Å². The topological polar surface area (TPSA) is 0 Å². The highest BCUT2D eigenvalue weighted by atomic mass is 14.2. The number of fused-ring (bicyclic) bond motifs is 1. The SMILES string of the molecule is Cc1ccc2ccc3c4c(C)c(cc1c24)CC=3. The van der Waals surface area contributed by atoms with Crippen molar-refractivity contribution in [3.63, 3.8) is 0 Å². The maximum Gasteiger partial charge on any atom is -0.00274 e. The molecule has 3 aromatic carbocycles. The van der Waals surface area contributed by atoms with Crippen LogP contribution in [0.4, 0.5) is 0 Å². The molecule has 0 N–H and O–H groups in total. The molecule has 3 aromatic rings. The third-order valence-corrected chi connectivity index (χ3v) is 4.19. The van der Waals surface area contributed by atoms with E-state index in [4.69, 9.17) is 0 Å². The lowest BCUT2D eigenvalue weighted by Gasteiger charge is -2.18. The van der Waals surface area contributed by atoms with Crippen LogP contribution in [-0.2, 0) is 6.42 Å². The van der Waals surface area contributed by atoms with Gasteiger partial charge in [0.1, 0.15) is 0 Å². The molecule has 0 amide bonds. The van der Waals surface area contributed by atoms with E-state index in [1.165, 1.54) is 43.5 Å². The third kappa shape index (κ3) is 1.03. The van der Waals surface area contributed by atoms with E-state index < -0.39 is 0 Å². The van der Waals surface area contributed by atoms with Gasteiger partial charge in [0.2, 0.25) is 0 Å². The van der Waals surface area contributed by atoms with Crippen molar-refractivity contribution in [2.24, 2.45) is 0 Å². The largest absolute Gasteiger partial charge is 0.0722 e. The quantitative estimate of drug-likeness (QED) is 0.540. The van der Waals surface area contributed by atoms with Gasteiger partial charge in [-0.1, -0.05) is 36.4 Å². The van der Waals surface area contributed by atoms with Gasteiger partial charge in [0, 0.05) is 0 Å². The Morgan fingerprint density at radius 3 is 2.65 bits per heavy atom. The van der Waals surface area contributed by atoms with Gasteiger partial charge in [-0.05, 0) is 63.7 Å². The Morgan fingerprint density at radius 2 is 1.76 bits per heavy atom. The first-order valence-corrected chi connectivity index (χ1v) is 6.20. The molecule has 82 valence electrons. The third-order valence-electron chi connectivity index (χ3n) is 4.19. The Morgan fingerprint density at radius 1 is 0.941 bits per heavy atom. The highest BCUT2D eigenvalue weighted by Gasteiger charge is 2.13. The van der Waals surface area contributed by atoms with Crippen LogP contribution in [0.3, 0.4) is 0 Å². The van der Waals surface area contributed by atoms with Gasteiger partial charge in [-0.15, -0.1) is 0 Å². The summed E-state index contributed by atoms with van der Waals surface area (Å²) in [4.78, 5) is 0. The standard InChI is InChI=1S/C17H14/c1-10-3-4-13-6-5-12-7-8-14-9-15(10)17(13)16(12)11(14)2/h3-7,9H,8H2,1-2H3. The summed E-state index contributed by atoms with van der Waals surface area (Å²) in [6.07, 6.45) is 3.44. The Hall–Kier alpha value is -1.82. The molecule has 0 atom stereocenters. The fraction of sp³-hybridized carbons (Fsp3) is 0.176. The number of rotatable bonds is 0. The van der Waals surface area contributed by atoms with Gasteiger partial charge in [-0.25, -0.2) is 0 Å². The van der Waals surface area contributed by atoms with Gasteiger partial charge in [0.05, 0.1) is 0 Å². The Balaban J connectivity index is 2.50. The summed E-state index contributed by atoms with van der Waals surface area (Å²) >= 11 is 0. The molecular weight excluding hydrogens is 204 g/mol. The number of hydrogen-bond acceptors (Lipinski definition) is 0. The fourth-order valence-electron chi connectivity index (χ4n) is 3.20. The number of hydrogen-bond donors (Lipinski definition) is 0. The van der Waals surface area contributed by atoms with Gasteiger partial charge in [0.15, 0.2) is 0 Å². The molecule has 1 aliphatic carbocycles. The molecule has 1 aliphatic rings. The fourth-order valence-corrected chi connectivity index (χ4v) is 3.20. The predicted octanol–water partition coefficient (Wildman–Crippen LogP) is 3.67. The average Bonchev–Trinajstić information content (AvgIpc) is 2.33. The summed E-state index contributed by atoms with van der Waals surface area (Å²) in [6.45, 7) is 4.48. The summed E-state index contributed by atoms with van der Waals surface area (Å²) in [5.41, 5.74) is 4.36.